The molecule has 0 bridgehead atoms. The van der Waals surface area contributed by atoms with E-state index in [0.29, 0.717) is 12.6 Å². The first-order valence-corrected chi connectivity index (χ1v) is 5.98. The zero-order chi connectivity index (χ0) is 11.1. The molecular formula is C11H23N3O. The summed E-state index contributed by atoms with van der Waals surface area (Å²) in [6.07, 6.45) is 3.33. The largest absolute Gasteiger partial charge is 0.353 e. The molecule has 0 aromatic rings. The Kier molecular flexibility index (Phi) is 5.65. The summed E-state index contributed by atoms with van der Waals surface area (Å²) in [6, 6.07) is 0.384. The highest BCUT2D eigenvalue weighted by atomic mass is 16.2. The Morgan fingerprint density at radius 1 is 1.53 bits per heavy atom. The van der Waals surface area contributed by atoms with Gasteiger partial charge in [-0.3, -0.25) is 4.79 Å². The van der Waals surface area contributed by atoms with E-state index in [4.69, 9.17) is 0 Å². The number of nitrogens with one attached hydrogen (secondary N) is 3. The number of likely N-dealkylation sites (N-methyl/N-ethyl adjacent to an activating group) is 1. The van der Waals surface area contributed by atoms with Crippen LogP contribution in [0.15, 0.2) is 0 Å². The molecule has 0 aromatic heterocycles. The van der Waals surface area contributed by atoms with Crippen LogP contribution in [0.4, 0.5) is 0 Å². The van der Waals surface area contributed by atoms with Gasteiger partial charge in [-0.25, -0.2) is 0 Å². The fraction of sp³-hybridized carbons (Fsp3) is 0.909. The lowest BCUT2D eigenvalue weighted by Gasteiger charge is -2.23. The summed E-state index contributed by atoms with van der Waals surface area (Å²) < 4.78 is 0. The minimum atomic E-state index is 0.0348. The van der Waals surface area contributed by atoms with E-state index in [0.717, 1.165) is 25.9 Å². The SMILES string of the molecule is CCN[C@H](C)CNC(=O)[C@H]1CCCCN1. The van der Waals surface area contributed by atoms with Gasteiger partial charge in [0.15, 0.2) is 0 Å². The second-order valence-electron chi connectivity index (χ2n) is 4.21. The van der Waals surface area contributed by atoms with E-state index < -0.39 is 0 Å². The van der Waals surface area contributed by atoms with Crippen molar-refractivity contribution in [2.75, 3.05) is 19.6 Å². The highest BCUT2D eigenvalue weighted by molar-refractivity contribution is 5.81. The average molecular weight is 213 g/mol. The van der Waals surface area contributed by atoms with Crippen LogP contribution in [0.25, 0.3) is 0 Å². The van der Waals surface area contributed by atoms with Crippen molar-refractivity contribution in [2.24, 2.45) is 0 Å². The van der Waals surface area contributed by atoms with Crippen LogP contribution in [-0.4, -0.2) is 37.6 Å². The third-order valence-electron chi connectivity index (χ3n) is 2.76. The van der Waals surface area contributed by atoms with Crippen LogP contribution in [-0.2, 0) is 4.79 Å². The fourth-order valence-corrected chi connectivity index (χ4v) is 1.87. The number of rotatable bonds is 5. The third kappa shape index (κ3) is 4.62. The van der Waals surface area contributed by atoms with Crippen molar-refractivity contribution in [1.82, 2.24) is 16.0 Å². The Hall–Kier alpha value is -0.610. The maximum Gasteiger partial charge on any atom is 0.237 e. The quantitative estimate of drug-likeness (QED) is 0.613. The molecule has 1 aliphatic rings. The van der Waals surface area contributed by atoms with E-state index >= 15 is 0 Å². The molecule has 1 fully saturated rings. The van der Waals surface area contributed by atoms with Gasteiger partial charge < -0.3 is 16.0 Å². The van der Waals surface area contributed by atoms with Crippen LogP contribution in [0.1, 0.15) is 33.1 Å². The first-order chi connectivity index (χ1) is 7.24. The fourth-order valence-electron chi connectivity index (χ4n) is 1.87. The second kappa shape index (κ2) is 6.80. The second-order valence-corrected chi connectivity index (χ2v) is 4.21. The van der Waals surface area contributed by atoms with Gasteiger partial charge in [-0.05, 0) is 32.9 Å². The summed E-state index contributed by atoms with van der Waals surface area (Å²) in [5, 5.41) is 9.48. The standard InChI is InChI=1S/C11H23N3O/c1-3-12-9(2)8-14-11(15)10-6-4-5-7-13-10/h9-10,12-13H,3-8H2,1-2H3,(H,14,15)/t9-,10-/m1/s1. The van der Waals surface area contributed by atoms with Crippen molar-refractivity contribution in [2.45, 2.75) is 45.2 Å². The van der Waals surface area contributed by atoms with Gasteiger partial charge in [-0.2, -0.15) is 0 Å². The van der Waals surface area contributed by atoms with Gasteiger partial charge in [0.25, 0.3) is 0 Å². The van der Waals surface area contributed by atoms with E-state index in [1.54, 1.807) is 0 Å². The molecule has 88 valence electrons. The molecule has 0 spiro atoms. The summed E-state index contributed by atoms with van der Waals surface area (Å²) in [5.41, 5.74) is 0. The van der Waals surface area contributed by atoms with Crippen LogP contribution < -0.4 is 16.0 Å². The molecule has 0 saturated carbocycles. The highest BCUT2D eigenvalue weighted by Crippen LogP contribution is 2.06. The van der Waals surface area contributed by atoms with E-state index in [2.05, 4.69) is 29.8 Å². The van der Waals surface area contributed by atoms with E-state index in [-0.39, 0.29) is 11.9 Å². The zero-order valence-corrected chi connectivity index (χ0v) is 9.81. The number of amides is 1. The van der Waals surface area contributed by atoms with E-state index in [9.17, 15) is 4.79 Å². The van der Waals surface area contributed by atoms with Crippen LogP contribution in [0.3, 0.4) is 0 Å². The van der Waals surface area contributed by atoms with Crippen LogP contribution in [0.2, 0.25) is 0 Å². The van der Waals surface area contributed by atoms with E-state index in [1.807, 2.05) is 0 Å². The molecule has 1 saturated heterocycles. The molecule has 1 aliphatic heterocycles. The van der Waals surface area contributed by atoms with Gasteiger partial charge in [0, 0.05) is 12.6 Å². The van der Waals surface area contributed by atoms with Crippen LogP contribution in [0.5, 0.6) is 0 Å². The monoisotopic (exact) mass is 213 g/mol. The lowest BCUT2D eigenvalue weighted by Crippen LogP contribution is -2.49. The van der Waals surface area contributed by atoms with Crippen molar-refractivity contribution >= 4 is 5.91 Å². The van der Waals surface area contributed by atoms with Gasteiger partial charge in [-0.15, -0.1) is 0 Å². The Morgan fingerprint density at radius 2 is 2.33 bits per heavy atom. The summed E-state index contributed by atoms with van der Waals surface area (Å²) in [4.78, 5) is 11.7. The smallest absolute Gasteiger partial charge is 0.237 e. The highest BCUT2D eigenvalue weighted by Gasteiger charge is 2.20. The Balaban J connectivity index is 2.16. The lowest BCUT2D eigenvalue weighted by atomic mass is 10.0. The van der Waals surface area contributed by atoms with Gasteiger partial charge in [0.1, 0.15) is 0 Å². The van der Waals surface area contributed by atoms with Crippen molar-refractivity contribution in [3.8, 4) is 0 Å². The maximum absolute atomic E-state index is 11.7. The van der Waals surface area contributed by atoms with Crippen molar-refractivity contribution < 1.29 is 4.79 Å². The third-order valence-corrected chi connectivity index (χ3v) is 2.76. The van der Waals surface area contributed by atoms with Crippen molar-refractivity contribution in [3.05, 3.63) is 0 Å². The summed E-state index contributed by atoms with van der Waals surface area (Å²) in [7, 11) is 0. The van der Waals surface area contributed by atoms with Gasteiger partial charge in [-0.1, -0.05) is 13.3 Å². The summed E-state index contributed by atoms with van der Waals surface area (Å²) >= 11 is 0. The topological polar surface area (TPSA) is 53.2 Å². The number of carbonyl (C=O) groups excluding carboxylic acids is 1. The number of piperidine rings is 1. The molecule has 4 nitrogen and oxygen atoms in total. The number of hydrogen-bond donors (Lipinski definition) is 3. The minimum Gasteiger partial charge on any atom is -0.353 e. The molecular weight excluding hydrogens is 190 g/mol. The molecule has 0 aliphatic carbocycles. The molecule has 3 N–H and O–H groups in total. The molecule has 1 amide bonds. The average Bonchev–Trinajstić information content (AvgIpc) is 2.27. The Morgan fingerprint density at radius 3 is 2.93 bits per heavy atom. The summed E-state index contributed by atoms with van der Waals surface area (Å²) in [6.45, 7) is 6.78. The molecule has 1 heterocycles. The van der Waals surface area contributed by atoms with Crippen molar-refractivity contribution in [3.63, 3.8) is 0 Å². The van der Waals surface area contributed by atoms with Crippen molar-refractivity contribution in [1.29, 1.82) is 0 Å². The van der Waals surface area contributed by atoms with Crippen LogP contribution >= 0.6 is 0 Å². The van der Waals surface area contributed by atoms with Gasteiger partial charge >= 0.3 is 0 Å². The van der Waals surface area contributed by atoms with Crippen LogP contribution in [0, 0.1) is 0 Å². The first kappa shape index (κ1) is 12.5. The molecule has 15 heavy (non-hydrogen) atoms. The summed E-state index contributed by atoms with van der Waals surface area (Å²) in [5.74, 6) is 0.152. The maximum atomic E-state index is 11.7. The Labute approximate surface area is 92.2 Å². The molecule has 0 radical (unpaired) electrons. The molecule has 2 atom stereocenters. The first-order valence-electron chi connectivity index (χ1n) is 5.98. The lowest BCUT2D eigenvalue weighted by molar-refractivity contribution is -0.123. The minimum absolute atomic E-state index is 0.0348. The molecule has 4 heteroatoms. The number of carbonyl (C=O) groups is 1. The predicted octanol–water partition coefficient (Wildman–Crippen LogP) is 0.243. The Bertz CT molecular complexity index is 190. The zero-order valence-electron chi connectivity index (χ0n) is 9.81. The normalized spacial score (nSPS) is 23.5. The number of hydrogen-bond acceptors (Lipinski definition) is 3. The van der Waals surface area contributed by atoms with Gasteiger partial charge in [0.05, 0.1) is 6.04 Å². The van der Waals surface area contributed by atoms with E-state index in [1.165, 1.54) is 6.42 Å². The van der Waals surface area contributed by atoms with Gasteiger partial charge in [0.2, 0.25) is 5.91 Å². The molecule has 0 unspecified atom stereocenters. The molecule has 1 rings (SSSR count). The predicted molar refractivity (Wildman–Crippen MR) is 61.8 cm³/mol. The molecule has 0 aromatic carbocycles.